The van der Waals surface area contributed by atoms with Crippen LogP contribution in [0.2, 0.25) is 0 Å². The lowest BCUT2D eigenvalue weighted by molar-refractivity contribution is -0.175. The lowest BCUT2D eigenvalue weighted by Crippen LogP contribution is -2.41. The Hall–Kier alpha value is -3.82. The summed E-state index contributed by atoms with van der Waals surface area (Å²) in [6, 6.07) is 6.77. The molecule has 0 fully saturated rings. The van der Waals surface area contributed by atoms with Crippen LogP contribution < -0.4 is 10.1 Å². The van der Waals surface area contributed by atoms with Crippen LogP contribution in [0.5, 0.6) is 5.75 Å². The molecule has 0 saturated carbocycles. The lowest BCUT2D eigenvalue weighted by Gasteiger charge is -2.35. The maximum atomic E-state index is 14.1. The molecule has 1 aromatic carbocycles. The Bertz CT molecular complexity index is 1230. The minimum atomic E-state index is -4.65. The van der Waals surface area contributed by atoms with E-state index in [0.29, 0.717) is 17.1 Å². The number of aliphatic imine (C=N–C) groups is 1. The summed E-state index contributed by atoms with van der Waals surface area (Å²) in [5.41, 5.74) is 0.256. The molecule has 0 aromatic heterocycles. The van der Waals surface area contributed by atoms with E-state index in [1.54, 1.807) is 42.2 Å². The molecule has 0 spiro atoms. The molecule has 1 aliphatic heterocycles. The molecular weight excluding hydrogens is 478 g/mol. The van der Waals surface area contributed by atoms with Crippen LogP contribution in [0.1, 0.15) is 20.3 Å². The summed E-state index contributed by atoms with van der Waals surface area (Å²) in [6.45, 7) is 6.24. The summed E-state index contributed by atoms with van der Waals surface area (Å²) in [5.74, 6) is -4.47. The molecular formula is C26H25F4N3O3. The fourth-order valence-electron chi connectivity index (χ4n) is 4.76. The van der Waals surface area contributed by atoms with Gasteiger partial charge in [0, 0.05) is 35.8 Å². The van der Waals surface area contributed by atoms with Crippen LogP contribution in [0, 0.1) is 11.8 Å². The van der Waals surface area contributed by atoms with Gasteiger partial charge in [-0.1, -0.05) is 19.6 Å². The molecule has 1 heterocycles. The average Bonchev–Trinajstić information content (AvgIpc) is 3.07. The molecule has 6 nitrogen and oxygen atoms in total. The Kier molecular flexibility index (Phi) is 6.55. The van der Waals surface area contributed by atoms with Gasteiger partial charge in [-0.25, -0.2) is 14.2 Å². The van der Waals surface area contributed by atoms with Crippen molar-refractivity contribution < 1.29 is 32.2 Å². The SMILES string of the molecule is C=COc1ccc(NC2=NC3(C)CC(C(=O)O)=CC=C3N2CC2=CC=C(F)C(C)C2C(F)(F)F)cc1. The molecule has 2 aliphatic carbocycles. The number of benzene rings is 1. The number of ether oxygens (including phenoxy) is 1. The third kappa shape index (κ3) is 4.80. The Morgan fingerprint density at radius 1 is 1.28 bits per heavy atom. The largest absolute Gasteiger partial charge is 0.478 e. The van der Waals surface area contributed by atoms with Crippen molar-refractivity contribution in [3.8, 4) is 5.75 Å². The van der Waals surface area contributed by atoms with Gasteiger partial charge in [0.1, 0.15) is 17.1 Å². The van der Waals surface area contributed by atoms with E-state index < -0.39 is 35.3 Å². The molecule has 10 heteroatoms. The van der Waals surface area contributed by atoms with Crippen molar-refractivity contribution in [1.29, 1.82) is 0 Å². The fourth-order valence-corrected chi connectivity index (χ4v) is 4.76. The van der Waals surface area contributed by atoms with E-state index in [0.717, 1.165) is 6.08 Å². The van der Waals surface area contributed by atoms with Gasteiger partial charge in [0.25, 0.3) is 0 Å². The molecule has 3 atom stereocenters. The van der Waals surface area contributed by atoms with E-state index in [1.807, 2.05) is 0 Å². The van der Waals surface area contributed by atoms with Gasteiger partial charge in [-0.05, 0) is 55.0 Å². The van der Waals surface area contributed by atoms with E-state index in [9.17, 15) is 27.5 Å². The normalized spacial score (nSPS) is 25.6. The van der Waals surface area contributed by atoms with Gasteiger partial charge in [0.2, 0.25) is 5.96 Å². The molecule has 0 radical (unpaired) electrons. The van der Waals surface area contributed by atoms with Crippen molar-refractivity contribution >= 4 is 17.6 Å². The summed E-state index contributed by atoms with van der Waals surface area (Å²) in [5, 5.41) is 12.6. The van der Waals surface area contributed by atoms with Gasteiger partial charge >= 0.3 is 12.1 Å². The van der Waals surface area contributed by atoms with Crippen LogP contribution in [0.15, 0.2) is 89.1 Å². The maximum Gasteiger partial charge on any atom is 0.396 e. The Labute approximate surface area is 205 Å². The van der Waals surface area contributed by atoms with E-state index in [4.69, 9.17) is 9.73 Å². The summed E-state index contributed by atoms with van der Waals surface area (Å²) in [4.78, 5) is 17.9. The molecule has 4 rings (SSSR count). The van der Waals surface area contributed by atoms with Gasteiger partial charge in [-0.2, -0.15) is 13.2 Å². The quantitative estimate of drug-likeness (QED) is 0.370. The molecule has 0 saturated heterocycles. The zero-order valence-corrected chi connectivity index (χ0v) is 19.6. The number of guanidine groups is 1. The number of nitrogens with one attached hydrogen (secondary N) is 1. The zero-order chi connectivity index (χ0) is 26.3. The molecule has 36 heavy (non-hydrogen) atoms. The molecule has 0 amide bonds. The summed E-state index contributed by atoms with van der Waals surface area (Å²) >= 11 is 0. The average molecular weight is 503 g/mol. The van der Waals surface area contributed by atoms with Crippen molar-refractivity contribution in [2.24, 2.45) is 16.8 Å². The molecule has 0 bridgehead atoms. The van der Waals surface area contributed by atoms with Crippen LogP contribution in [0.3, 0.4) is 0 Å². The zero-order valence-electron chi connectivity index (χ0n) is 19.6. The molecule has 1 aromatic rings. The first-order valence-electron chi connectivity index (χ1n) is 11.2. The number of nitrogens with zero attached hydrogens (tertiary/aromatic N) is 2. The van der Waals surface area contributed by atoms with Gasteiger partial charge in [0.15, 0.2) is 0 Å². The summed E-state index contributed by atoms with van der Waals surface area (Å²) < 4.78 is 61.3. The van der Waals surface area contributed by atoms with E-state index in [-0.39, 0.29) is 30.1 Å². The number of alkyl halides is 3. The Morgan fingerprint density at radius 3 is 2.58 bits per heavy atom. The van der Waals surface area contributed by atoms with Crippen molar-refractivity contribution in [2.45, 2.75) is 32.0 Å². The van der Waals surface area contributed by atoms with Gasteiger partial charge < -0.3 is 20.1 Å². The highest BCUT2D eigenvalue weighted by atomic mass is 19.4. The Balaban J connectivity index is 1.72. The van der Waals surface area contributed by atoms with Gasteiger partial charge in [0.05, 0.1) is 12.2 Å². The van der Waals surface area contributed by atoms with Gasteiger partial charge in [-0.3, -0.25) is 0 Å². The number of halogens is 4. The highest BCUT2D eigenvalue weighted by molar-refractivity contribution is 5.98. The standard InChI is InChI=1S/C26H25F4N3O3/c1-4-36-19-9-7-18(8-10-19)31-24-32-25(3)13-16(23(34)35)6-12-21(25)33(24)14-17-5-11-20(27)15(2)22(17)26(28,29)30/h4-12,15,22H,1,13-14H2,2-3H3,(H,31,32)(H,34,35). The highest BCUT2D eigenvalue weighted by Crippen LogP contribution is 2.46. The second-order valence-electron chi connectivity index (χ2n) is 9.06. The van der Waals surface area contributed by atoms with Crippen LogP contribution in [0.25, 0.3) is 0 Å². The third-order valence-electron chi connectivity index (χ3n) is 6.52. The lowest BCUT2D eigenvalue weighted by atomic mass is 9.81. The fraction of sp³-hybridized carbons (Fsp3) is 0.308. The second-order valence-corrected chi connectivity index (χ2v) is 9.06. The molecule has 190 valence electrons. The number of aliphatic carboxylic acids is 1. The van der Waals surface area contributed by atoms with Crippen molar-refractivity contribution in [3.63, 3.8) is 0 Å². The number of carboxylic acid groups (broad SMARTS) is 1. The highest BCUT2D eigenvalue weighted by Gasteiger charge is 2.50. The topological polar surface area (TPSA) is 74.2 Å². The predicted octanol–water partition coefficient (Wildman–Crippen LogP) is 5.96. The minimum absolute atomic E-state index is 0.0150. The number of hydrogen-bond acceptors (Lipinski definition) is 5. The number of carbonyl (C=O) groups is 1. The first-order chi connectivity index (χ1) is 16.9. The second kappa shape index (κ2) is 9.33. The van der Waals surface area contributed by atoms with Crippen molar-refractivity contribution in [3.05, 3.63) is 84.1 Å². The molecule has 3 aliphatic rings. The van der Waals surface area contributed by atoms with E-state index in [2.05, 4.69) is 11.9 Å². The van der Waals surface area contributed by atoms with Crippen molar-refractivity contribution in [1.82, 2.24) is 4.90 Å². The Morgan fingerprint density at radius 2 is 1.97 bits per heavy atom. The van der Waals surface area contributed by atoms with E-state index >= 15 is 0 Å². The first-order valence-corrected chi connectivity index (χ1v) is 11.2. The summed E-state index contributed by atoms with van der Waals surface area (Å²) in [7, 11) is 0. The summed E-state index contributed by atoms with van der Waals surface area (Å²) in [6.07, 6.45) is 1.94. The van der Waals surface area contributed by atoms with Crippen LogP contribution >= 0.6 is 0 Å². The van der Waals surface area contributed by atoms with Crippen LogP contribution in [-0.2, 0) is 4.79 Å². The smallest absolute Gasteiger partial charge is 0.396 e. The maximum absolute atomic E-state index is 14.1. The number of hydrogen-bond donors (Lipinski definition) is 2. The third-order valence-corrected chi connectivity index (χ3v) is 6.52. The molecule has 3 unspecified atom stereocenters. The number of allylic oxidation sites excluding steroid dienone is 5. The van der Waals surface area contributed by atoms with Crippen LogP contribution in [-0.4, -0.2) is 40.2 Å². The number of anilines is 1. The number of fused-ring (bicyclic) bond motifs is 1. The number of rotatable bonds is 6. The predicted molar refractivity (Wildman–Crippen MR) is 128 cm³/mol. The van der Waals surface area contributed by atoms with E-state index in [1.165, 1.54) is 25.3 Å². The number of carboxylic acids is 1. The van der Waals surface area contributed by atoms with Crippen LogP contribution in [0.4, 0.5) is 23.2 Å². The minimum Gasteiger partial charge on any atom is -0.478 e. The first kappa shape index (κ1) is 25.3. The van der Waals surface area contributed by atoms with Crippen molar-refractivity contribution in [2.75, 3.05) is 11.9 Å². The monoisotopic (exact) mass is 503 g/mol. The molecule has 2 N–H and O–H groups in total. The van der Waals surface area contributed by atoms with Gasteiger partial charge in [-0.15, -0.1) is 0 Å².